The van der Waals surface area contributed by atoms with Crippen molar-refractivity contribution in [2.75, 3.05) is 0 Å². The molecule has 0 saturated carbocycles. The number of benzene rings is 1. The second kappa shape index (κ2) is 6.13. The number of rotatable bonds is 4. The first-order valence-electron chi connectivity index (χ1n) is 6.44. The summed E-state index contributed by atoms with van der Waals surface area (Å²) in [6.07, 6.45) is 1.72. The molecule has 0 aliphatic heterocycles. The number of hydrogen-bond donors (Lipinski definition) is 1. The zero-order valence-electron chi connectivity index (χ0n) is 11.2. The molecule has 0 radical (unpaired) electrons. The molecule has 0 aliphatic rings. The third-order valence-corrected chi connectivity index (χ3v) is 3.26. The van der Waals surface area contributed by atoms with Gasteiger partial charge in [0, 0.05) is 34.4 Å². The van der Waals surface area contributed by atoms with Gasteiger partial charge in [-0.05, 0) is 43.7 Å². The first-order valence-corrected chi connectivity index (χ1v) is 6.82. The van der Waals surface area contributed by atoms with Crippen LogP contribution in [0.5, 0.6) is 0 Å². The minimum Gasteiger partial charge on any atom is -0.327 e. The highest BCUT2D eigenvalue weighted by atomic mass is 35.5. The fourth-order valence-electron chi connectivity index (χ4n) is 1.88. The second-order valence-corrected chi connectivity index (χ2v) is 5.14. The number of aryl methyl sites for hydroxylation is 1. The van der Waals surface area contributed by atoms with E-state index in [4.69, 9.17) is 17.3 Å². The summed E-state index contributed by atoms with van der Waals surface area (Å²) in [5.41, 5.74) is 8.91. The third kappa shape index (κ3) is 3.75. The maximum atomic E-state index is 5.99. The Labute approximate surface area is 118 Å². The zero-order valence-corrected chi connectivity index (χ0v) is 12.0. The number of aromatic nitrogens is 2. The Morgan fingerprint density at radius 3 is 2.53 bits per heavy atom. The summed E-state index contributed by atoms with van der Waals surface area (Å²) in [6, 6.07) is 9.70. The lowest BCUT2D eigenvalue weighted by Crippen LogP contribution is -2.22. The molecule has 3 nitrogen and oxygen atoms in total. The van der Waals surface area contributed by atoms with Crippen molar-refractivity contribution < 1.29 is 0 Å². The molecule has 0 spiro atoms. The summed E-state index contributed by atoms with van der Waals surface area (Å²) in [5, 5.41) is 0.713. The Bertz CT molecular complexity index is 552. The molecule has 0 aliphatic carbocycles. The van der Waals surface area contributed by atoms with Crippen molar-refractivity contribution in [1.29, 1.82) is 0 Å². The molecular formula is C15H18ClN3. The van der Waals surface area contributed by atoms with Gasteiger partial charge in [0.05, 0.1) is 0 Å². The van der Waals surface area contributed by atoms with E-state index in [9.17, 15) is 0 Å². The van der Waals surface area contributed by atoms with Gasteiger partial charge in [-0.3, -0.25) is 0 Å². The van der Waals surface area contributed by atoms with Crippen LogP contribution in [0.25, 0.3) is 11.4 Å². The maximum absolute atomic E-state index is 5.99. The third-order valence-electron chi connectivity index (χ3n) is 3.01. The van der Waals surface area contributed by atoms with E-state index in [1.165, 1.54) is 0 Å². The molecule has 1 aromatic carbocycles. The summed E-state index contributed by atoms with van der Waals surface area (Å²) in [5.74, 6) is 0.731. The number of nitrogens with zero attached hydrogens (tertiary/aromatic N) is 2. The predicted octanol–water partition coefficient (Wildman–Crippen LogP) is 3.39. The molecule has 1 heterocycles. The van der Waals surface area contributed by atoms with Crippen LogP contribution in [0.4, 0.5) is 0 Å². The SMILES string of the molecule is CCC(N)Cc1cc(C)nc(-c2ccc(Cl)cc2)n1. The van der Waals surface area contributed by atoms with E-state index in [2.05, 4.69) is 16.9 Å². The van der Waals surface area contributed by atoms with E-state index in [1.807, 2.05) is 37.3 Å². The van der Waals surface area contributed by atoms with E-state index in [0.29, 0.717) is 5.02 Å². The fourth-order valence-corrected chi connectivity index (χ4v) is 2.01. The molecule has 0 bridgehead atoms. The Kier molecular flexibility index (Phi) is 4.51. The molecule has 100 valence electrons. The Morgan fingerprint density at radius 2 is 1.89 bits per heavy atom. The molecule has 2 aromatic rings. The monoisotopic (exact) mass is 275 g/mol. The standard InChI is InChI=1S/C15H18ClN3/c1-3-13(17)9-14-8-10(2)18-15(19-14)11-4-6-12(16)7-5-11/h4-8,13H,3,9,17H2,1-2H3. The van der Waals surface area contributed by atoms with Crippen molar-refractivity contribution in [2.45, 2.75) is 32.7 Å². The summed E-state index contributed by atoms with van der Waals surface area (Å²) >= 11 is 5.89. The lowest BCUT2D eigenvalue weighted by atomic mass is 10.1. The molecule has 1 unspecified atom stereocenters. The van der Waals surface area contributed by atoms with Crippen LogP contribution in [-0.2, 0) is 6.42 Å². The maximum Gasteiger partial charge on any atom is 0.159 e. The molecule has 0 saturated heterocycles. The topological polar surface area (TPSA) is 51.8 Å². The van der Waals surface area contributed by atoms with Gasteiger partial charge in [-0.25, -0.2) is 9.97 Å². The van der Waals surface area contributed by atoms with Crippen molar-refractivity contribution in [1.82, 2.24) is 9.97 Å². The van der Waals surface area contributed by atoms with Crippen LogP contribution < -0.4 is 5.73 Å². The van der Waals surface area contributed by atoms with Crippen LogP contribution in [0.2, 0.25) is 5.02 Å². The first-order chi connectivity index (χ1) is 9.08. The minimum absolute atomic E-state index is 0.146. The summed E-state index contributed by atoms with van der Waals surface area (Å²) in [4.78, 5) is 9.06. The van der Waals surface area contributed by atoms with Gasteiger partial charge < -0.3 is 5.73 Å². The van der Waals surface area contributed by atoms with E-state index < -0.39 is 0 Å². The van der Waals surface area contributed by atoms with Crippen LogP contribution in [0, 0.1) is 6.92 Å². The highest BCUT2D eigenvalue weighted by molar-refractivity contribution is 6.30. The molecule has 0 amide bonds. The fraction of sp³-hybridized carbons (Fsp3) is 0.333. The van der Waals surface area contributed by atoms with Gasteiger partial charge in [0.15, 0.2) is 5.82 Å². The number of hydrogen-bond acceptors (Lipinski definition) is 3. The molecule has 2 N–H and O–H groups in total. The Balaban J connectivity index is 2.33. The van der Waals surface area contributed by atoms with Crippen LogP contribution in [0.3, 0.4) is 0 Å². The van der Waals surface area contributed by atoms with Gasteiger partial charge in [0.2, 0.25) is 0 Å². The Morgan fingerprint density at radius 1 is 1.21 bits per heavy atom. The van der Waals surface area contributed by atoms with Crippen molar-refractivity contribution >= 4 is 11.6 Å². The highest BCUT2D eigenvalue weighted by Crippen LogP contribution is 2.19. The Hall–Kier alpha value is -1.45. The smallest absolute Gasteiger partial charge is 0.159 e. The first kappa shape index (κ1) is 14.0. The van der Waals surface area contributed by atoms with Crippen LogP contribution >= 0.6 is 11.6 Å². The average molecular weight is 276 g/mol. The summed E-state index contributed by atoms with van der Waals surface area (Å²) in [6.45, 7) is 4.06. The molecule has 0 fully saturated rings. The van der Waals surface area contributed by atoms with E-state index in [0.717, 1.165) is 35.6 Å². The average Bonchev–Trinajstić information content (AvgIpc) is 2.38. The minimum atomic E-state index is 0.146. The van der Waals surface area contributed by atoms with Crippen LogP contribution in [0.15, 0.2) is 30.3 Å². The molecule has 1 aromatic heterocycles. The summed E-state index contributed by atoms with van der Waals surface area (Å²) < 4.78 is 0. The van der Waals surface area contributed by atoms with Gasteiger partial charge >= 0.3 is 0 Å². The highest BCUT2D eigenvalue weighted by Gasteiger charge is 2.08. The largest absolute Gasteiger partial charge is 0.327 e. The van der Waals surface area contributed by atoms with Gasteiger partial charge in [0.25, 0.3) is 0 Å². The molecule has 1 atom stereocenters. The second-order valence-electron chi connectivity index (χ2n) is 4.70. The van der Waals surface area contributed by atoms with E-state index in [1.54, 1.807) is 0 Å². The van der Waals surface area contributed by atoms with Crippen LogP contribution in [0.1, 0.15) is 24.7 Å². The van der Waals surface area contributed by atoms with Crippen molar-refractivity contribution in [3.8, 4) is 11.4 Å². The number of halogens is 1. The van der Waals surface area contributed by atoms with Gasteiger partial charge in [-0.15, -0.1) is 0 Å². The molecular weight excluding hydrogens is 258 g/mol. The van der Waals surface area contributed by atoms with Crippen molar-refractivity contribution in [2.24, 2.45) is 5.73 Å². The van der Waals surface area contributed by atoms with E-state index >= 15 is 0 Å². The molecule has 2 rings (SSSR count). The predicted molar refractivity (Wildman–Crippen MR) is 79.2 cm³/mol. The lowest BCUT2D eigenvalue weighted by molar-refractivity contribution is 0.635. The molecule has 4 heteroatoms. The van der Waals surface area contributed by atoms with Crippen LogP contribution in [-0.4, -0.2) is 16.0 Å². The van der Waals surface area contributed by atoms with Gasteiger partial charge in [0.1, 0.15) is 0 Å². The normalized spacial score (nSPS) is 12.4. The van der Waals surface area contributed by atoms with Crippen molar-refractivity contribution in [3.63, 3.8) is 0 Å². The zero-order chi connectivity index (χ0) is 13.8. The van der Waals surface area contributed by atoms with Crippen molar-refractivity contribution in [3.05, 3.63) is 46.7 Å². The lowest BCUT2D eigenvalue weighted by Gasteiger charge is -2.10. The van der Waals surface area contributed by atoms with Gasteiger partial charge in [-0.1, -0.05) is 18.5 Å². The number of nitrogens with two attached hydrogens (primary N) is 1. The van der Waals surface area contributed by atoms with Gasteiger partial charge in [-0.2, -0.15) is 0 Å². The van der Waals surface area contributed by atoms with E-state index in [-0.39, 0.29) is 6.04 Å². The molecule has 19 heavy (non-hydrogen) atoms. The summed E-state index contributed by atoms with van der Waals surface area (Å²) in [7, 11) is 0. The quantitative estimate of drug-likeness (QED) is 0.931.